The van der Waals surface area contributed by atoms with Crippen LogP contribution in [0.1, 0.15) is 41.0 Å². The van der Waals surface area contributed by atoms with E-state index in [9.17, 15) is 4.79 Å². The van der Waals surface area contributed by atoms with Crippen LogP contribution >= 0.6 is 0 Å². The number of carbonyl (C=O) groups excluding carboxylic acids is 1. The monoisotopic (exact) mass is 488 g/mol. The topological polar surface area (TPSA) is 54.6 Å². The number of aryl methyl sites for hydroxylation is 1. The van der Waals surface area contributed by atoms with Gasteiger partial charge in [-0.3, -0.25) is 4.90 Å². The molecule has 4 aromatic carbocycles. The molecular weight excluding hydrogens is 460 g/mol. The Labute approximate surface area is 216 Å². The number of anilines is 2. The number of para-hydroxylation sites is 2. The number of hydrogen-bond donors (Lipinski definition) is 1. The minimum absolute atomic E-state index is 0.0685. The Hall–Kier alpha value is -4.51. The maximum atomic E-state index is 13.5. The van der Waals surface area contributed by atoms with E-state index in [2.05, 4.69) is 16.0 Å². The second-order valence-electron chi connectivity index (χ2n) is 9.58. The highest BCUT2D eigenvalue weighted by atomic mass is 16.6. The lowest BCUT2D eigenvalue weighted by atomic mass is 9.88. The van der Waals surface area contributed by atoms with Gasteiger partial charge in [0, 0.05) is 33.5 Å². The molecule has 1 unspecified atom stereocenters. The van der Waals surface area contributed by atoms with Crippen LogP contribution in [0.3, 0.4) is 0 Å². The average Bonchev–Trinajstić information content (AvgIpc) is 3.39. The van der Waals surface area contributed by atoms with Crippen molar-refractivity contribution in [1.29, 1.82) is 0 Å². The first-order valence-corrected chi connectivity index (χ1v) is 12.5. The average molecular weight is 489 g/mol. The number of fused-ring (bicyclic) bond motifs is 2. The molecule has 1 atom stereocenters. The summed E-state index contributed by atoms with van der Waals surface area (Å²) in [6, 6.07) is 33.8. The van der Waals surface area contributed by atoms with E-state index in [4.69, 9.17) is 9.47 Å². The summed E-state index contributed by atoms with van der Waals surface area (Å²) in [7, 11) is 0. The molecule has 1 N–H and O–H groups in total. The summed E-state index contributed by atoms with van der Waals surface area (Å²) in [5, 5.41) is 1.00. The number of esters is 1. The number of hydrogen-bond acceptors (Lipinski definition) is 4. The number of nitrogens with zero attached hydrogens (tertiary/aromatic N) is 1. The first-order valence-electron chi connectivity index (χ1n) is 12.5. The van der Waals surface area contributed by atoms with E-state index in [0.717, 1.165) is 44.8 Å². The van der Waals surface area contributed by atoms with E-state index in [1.54, 1.807) is 0 Å². The summed E-state index contributed by atoms with van der Waals surface area (Å²) in [5.41, 5.74) is 4.74. The molecule has 6 rings (SSSR count). The number of rotatable bonds is 6. The summed E-state index contributed by atoms with van der Waals surface area (Å²) in [5.74, 6) is 0.439. The second-order valence-corrected chi connectivity index (χ2v) is 9.58. The Kier molecular flexibility index (Phi) is 5.49. The molecule has 1 aliphatic rings. The van der Waals surface area contributed by atoms with Crippen molar-refractivity contribution in [2.75, 3.05) is 4.90 Å². The molecule has 184 valence electrons. The lowest BCUT2D eigenvalue weighted by molar-refractivity contribution is 0.0137. The largest absolute Gasteiger partial charge is 0.491 e. The van der Waals surface area contributed by atoms with E-state index in [1.807, 2.05) is 118 Å². The summed E-state index contributed by atoms with van der Waals surface area (Å²) in [6.07, 6.45) is 0.0685. The van der Waals surface area contributed by atoms with Gasteiger partial charge in [0.05, 0.1) is 17.2 Å². The molecule has 37 heavy (non-hydrogen) atoms. The zero-order valence-electron chi connectivity index (χ0n) is 21.1. The van der Waals surface area contributed by atoms with Crippen molar-refractivity contribution in [1.82, 2.24) is 4.98 Å². The van der Waals surface area contributed by atoms with Crippen LogP contribution in [-0.2, 0) is 10.5 Å². The zero-order valence-corrected chi connectivity index (χ0v) is 21.1. The standard InChI is InChI=1S/C32H28N2O3/c1-21(2)36-25-19-17-24(18-20-25)34(23-11-5-4-6-12-23)32(28-15-9-7-13-26(28)31(35)37-32)30-22(3)33-29-16-10-8-14-27(29)30/h4-21,33H,1-3H3. The summed E-state index contributed by atoms with van der Waals surface area (Å²) >= 11 is 0. The van der Waals surface area contributed by atoms with Crippen LogP contribution in [0, 0.1) is 6.92 Å². The Bertz CT molecular complexity index is 1590. The van der Waals surface area contributed by atoms with Crippen LogP contribution in [0.2, 0.25) is 0 Å². The van der Waals surface area contributed by atoms with Gasteiger partial charge in [0.25, 0.3) is 0 Å². The van der Waals surface area contributed by atoms with Crippen molar-refractivity contribution in [2.24, 2.45) is 0 Å². The van der Waals surface area contributed by atoms with Gasteiger partial charge < -0.3 is 14.5 Å². The van der Waals surface area contributed by atoms with Crippen molar-refractivity contribution in [3.63, 3.8) is 0 Å². The molecule has 1 aliphatic heterocycles. The number of nitrogens with one attached hydrogen (secondary N) is 1. The van der Waals surface area contributed by atoms with Gasteiger partial charge in [-0.05, 0) is 69.3 Å². The van der Waals surface area contributed by atoms with Crippen molar-refractivity contribution < 1.29 is 14.3 Å². The lowest BCUT2D eigenvalue weighted by Gasteiger charge is -2.42. The number of H-pyrrole nitrogens is 1. The summed E-state index contributed by atoms with van der Waals surface area (Å²) < 4.78 is 12.5. The molecule has 0 fully saturated rings. The molecule has 5 heteroatoms. The predicted molar refractivity (Wildman–Crippen MR) is 146 cm³/mol. The number of cyclic esters (lactones) is 1. The fraction of sp³-hybridized carbons (Fsp3) is 0.156. The van der Waals surface area contributed by atoms with Crippen LogP contribution in [0.25, 0.3) is 10.9 Å². The van der Waals surface area contributed by atoms with Crippen LogP contribution in [0.15, 0.2) is 103 Å². The van der Waals surface area contributed by atoms with Gasteiger partial charge in [-0.2, -0.15) is 0 Å². The van der Waals surface area contributed by atoms with Gasteiger partial charge >= 0.3 is 5.97 Å². The third-order valence-corrected chi connectivity index (χ3v) is 6.78. The number of aromatic amines is 1. The molecule has 0 saturated carbocycles. The Morgan fingerprint density at radius 3 is 2.22 bits per heavy atom. The molecule has 0 bridgehead atoms. The molecule has 0 aliphatic carbocycles. The molecule has 0 spiro atoms. The van der Waals surface area contributed by atoms with Crippen LogP contribution in [0.5, 0.6) is 5.75 Å². The van der Waals surface area contributed by atoms with Crippen molar-refractivity contribution in [3.8, 4) is 5.75 Å². The van der Waals surface area contributed by atoms with Gasteiger partial charge in [-0.15, -0.1) is 0 Å². The molecule has 5 aromatic rings. The third kappa shape index (κ3) is 3.66. The highest BCUT2D eigenvalue weighted by Crippen LogP contribution is 2.52. The normalized spacial score (nSPS) is 16.6. The zero-order chi connectivity index (χ0) is 25.6. The molecule has 0 amide bonds. The first kappa shape index (κ1) is 22.9. The summed E-state index contributed by atoms with van der Waals surface area (Å²) in [6.45, 7) is 6.05. The van der Waals surface area contributed by atoms with E-state index >= 15 is 0 Å². The van der Waals surface area contributed by atoms with E-state index < -0.39 is 5.72 Å². The second kappa shape index (κ2) is 8.86. The fourth-order valence-corrected chi connectivity index (χ4v) is 5.41. The summed E-state index contributed by atoms with van der Waals surface area (Å²) in [4.78, 5) is 19.1. The minimum Gasteiger partial charge on any atom is -0.491 e. The number of ether oxygens (including phenoxy) is 2. The minimum atomic E-state index is -1.24. The highest BCUT2D eigenvalue weighted by molar-refractivity contribution is 5.99. The van der Waals surface area contributed by atoms with Gasteiger partial charge in [0.15, 0.2) is 0 Å². The van der Waals surface area contributed by atoms with Crippen molar-refractivity contribution in [2.45, 2.75) is 32.6 Å². The Morgan fingerprint density at radius 1 is 0.811 bits per heavy atom. The lowest BCUT2D eigenvalue weighted by Crippen LogP contribution is -2.45. The Balaban J connectivity index is 1.69. The number of benzene rings is 4. The first-order chi connectivity index (χ1) is 18.0. The van der Waals surface area contributed by atoms with Crippen molar-refractivity contribution in [3.05, 3.63) is 126 Å². The third-order valence-electron chi connectivity index (χ3n) is 6.78. The van der Waals surface area contributed by atoms with Crippen LogP contribution < -0.4 is 9.64 Å². The van der Waals surface area contributed by atoms with Gasteiger partial charge in [-0.1, -0.05) is 54.6 Å². The van der Waals surface area contributed by atoms with Gasteiger partial charge in [0.2, 0.25) is 5.72 Å². The molecule has 0 radical (unpaired) electrons. The molecule has 2 heterocycles. The van der Waals surface area contributed by atoms with Crippen molar-refractivity contribution >= 4 is 28.2 Å². The van der Waals surface area contributed by atoms with E-state index in [0.29, 0.717) is 5.56 Å². The quantitative estimate of drug-likeness (QED) is 0.252. The SMILES string of the molecule is Cc1[nH]c2ccccc2c1C1(N(c2ccccc2)c2ccc(OC(C)C)cc2)OC(=O)c2ccccc21. The maximum absolute atomic E-state index is 13.5. The van der Waals surface area contributed by atoms with Gasteiger partial charge in [-0.25, -0.2) is 4.79 Å². The number of aromatic nitrogens is 1. The van der Waals surface area contributed by atoms with Crippen LogP contribution in [0.4, 0.5) is 11.4 Å². The molecular formula is C32H28N2O3. The molecule has 1 aromatic heterocycles. The molecule has 5 nitrogen and oxygen atoms in total. The Morgan fingerprint density at radius 2 is 1.46 bits per heavy atom. The smallest absolute Gasteiger partial charge is 0.341 e. The molecule has 0 saturated heterocycles. The van der Waals surface area contributed by atoms with E-state index in [-0.39, 0.29) is 12.1 Å². The highest BCUT2D eigenvalue weighted by Gasteiger charge is 2.54. The van der Waals surface area contributed by atoms with Crippen LogP contribution in [-0.4, -0.2) is 17.1 Å². The number of carbonyl (C=O) groups is 1. The predicted octanol–water partition coefficient (Wildman–Crippen LogP) is 7.47. The maximum Gasteiger partial charge on any atom is 0.341 e. The van der Waals surface area contributed by atoms with Gasteiger partial charge in [0.1, 0.15) is 5.75 Å². The fourth-order valence-electron chi connectivity index (χ4n) is 5.41. The van der Waals surface area contributed by atoms with E-state index in [1.165, 1.54) is 0 Å².